The van der Waals surface area contributed by atoms with Gasteiger partial charge in [-0.1, -0.05) is 12.8 Å². The molecule has 0 radical (unpaired) electrons. The van der Waals surface area contributed by atoms with E-state index in [2.05, 4.69) is 16.8 Å². The fourth-order valence-corrected chi connectivity index (χ4v) is 4.50. The molecule has 104 valence electrons. The fourth-order valence-electron chi connectivity index (χ4n) is 3.86. The minimum atomic E-state index is -0.670. The number of rotatable bonds is 3. The smallest absolute Gasteiger partial charge is 0.320 e. The third-order valence-electron chi connectivity index (χ3n) is 4.75. The molecule has 2 aliphatic rings. The normalized spacial score (nSPS) is 33.0. The molecule has 1 aromatic rings. The maximum Gasteiger partial charge on any atom is 0.320 e. The molecule has 19 heavy (non-hydrogen) atoms. The Morgan fingerprint density at radius 2 is 2.32 bits per heavy atom. The van der Waals surface area contributed by atoms with Crippen LogP contribution in [0.1, 0.15) is 50.8 Å². The highest BCUT2D eigenvalue weighted by atomic mass is 32.1. The summed E-state index contributed by atoms with van der Waals surface area (Å²) >= 11 is 1.58. The molecule has 1 saturated heterocycles. The van der Waals surface area contributed by atoms with Gasteiger partial charge in [0.2, 0.25) is 0 Å². The molecule has 2 fully saturated rings. The Hall–Kier alpha value is -0.940. The first-order valence-electron chi connectivity index (χ1n) is 7.07. The lowest BCUT2D eigenvalue weighted by molar-refractivity contribution is -0.143. The fraction of sp³-hybridized carbons (Fsp3) is 0.714. The largest absolute Gasteiger partial charge is 0.480 e. The van der Waals surface area contributed by atoms with Crippen LogP contribution in [0.2, 0.25) is 0 Å². The zero-order valence-corrected chi connectivity index (χ0v) is 12.0. The van der Waals surface area contributed by atoms with Crippen molar-refractivity contribution in [3.63, 3.8) is 0 Å². The second kappa shape index (κ2) is 5.21. The lowest BCUT2D eigenvalue weighted by atomic mass is 9.84. The van der Waals surface area contributed by atoms with Gasteiger partial charge >= 0.3 is 5.97 Å². The van der Waals surface area contributed by atoms with Gasteiger partial charge in [0, 0.05) is 11.4 Å². The van der Waals surface area contributed by atoms with Gasteiger partial charge in [0.05, 0.1) is 17.2 Å². The molecule has 4 atom stereocenters. The van der Waals surface area contributed by atoms with Crippen LogP contribution in [0.5, 0.6) is 0 Å². The van der Waals surface area contributed by atoms with Crippen LogP contribution in [0.15, 0.2) is 10.9 Å². The Morgan fingerprint density at radius 3 is 3.00 bits per heavy atom. The van der Waals surface area contributed by atoms with Crippen LogP contribution in [-0.2, 0) is 4.79 Å². The number of carboxylic acid groups (broad SMARTS) is 1. The van der Waals surface area contributed by atoms with Gasteiger partial charge in [-0.15, -0.1) is 11.3 Å². The van der Waals surface area contributed by atoms with Crippen LogP contribution in [0, 0.1) is 5.92 Å². The summed E-state index contributed by atoms with van der Waals surface area (Å²) in [5, 5.41) is 11.6. The van der Waals surface area contributed by atoms with Gasteiger partial charge in [-0.25, -0.2) is 4.98 Å². The molecule has 0 aromatic carbocycles. The van der Waals surface area contributed by atoms with Crippen molar-refractivity contribution >= 4 is 17.3 Å². The Balaban J connectivity index is 1.88. The molecule has 4 nitrogen and oxygen atoms in total. The quantitative estimate of drug-likeness (QED) is 0.925. The molecule has 5 heteroatoms. The second-order valence-corrected chi connectivity index (χ2v) is 6.46. The zero-order valence-electron chi connectivity index (χ0n) is 11.2. The van der Waals surface area contributed by atoms with Crippen LogP contribution >= 0.6 is 11.3 Å². The van der Waals surface area contributed by atoms with E-state index in [4.69, 9.17) is 0 Å². The lowest BCUT2D eigenvalue weighted by Crippen LogP contribution is -2.43. The molecule has 1 saturated carbocycles. The molecular formula is C14H20N2O2S. The van der Waals surface area contributed by atoms with Crippen LogP contribution in [0.25, 0.3) is 0 Å². The zero-order chi connectivity index (χ0) is 13.4. The van der Waals surface area contributed by atoms with Crippen LogP contribution in [0.4, 0.5) is 0 Å². The SMILES string of the molecule is CC(c1cscn1)N1C(C(=O)O)CC2CCCCC21. The van der Waals surface area contributed by atoms with E-state index >= 15 is 0 Å². The highest BCUT2D eigenvalue weighted by molar-refractivity contribution is 7.07. The number of fused-ring (bicyclic) bond motifs is 1. The third kappa shape index (κ3) is 2.30. The Kier molecular flexibility index (Phi) is 3.58. The number of likely N-dealkylation sites (tertiary alicyclic amines) is 1. The molecule has 0 spiro atoms. The summed E-state index contributed by atoms with van der Waals surface area (Å²) in [6, 6.07) is 0.219. The van der Waals surface area contributed by atoms with Gasteiger partial charge in [-0.05, 0) is 32.1 Å². The first-order chi connectivity index (χ1) is 9.18. The lowest BCUT2D eigenvalue weighted by Gasteiger charge is -2.36. The van der Waals surface area contributed by atoms with Crippen LogP contribution in [-0.4, -0.2) is 33.0 Å². The maximum atomic E-state index is 11.6. The molecule has 0 bridgehead atoms. The van der Waals surface area contributed by atoms with Gasteiger partial charge in [-0.2, -0.15) is 0 Å². The summed E-state index contributed by atoms with van der Waals surface area (Å²) in [5.74, 6) is -0.104. The Labute approximate surface area is 117 Å². The highest BCUT2D eigenvalue weighted by Crippen LogP contribution is 2.43. The molecule has 1 aliphatic heterocycles. The molecular weight excluding hydrogens is 260 g/mol. The summed E-state index contributed by atoms with van der Waals surface area (Å²) in [6.07, 6.45) is 5.63. The van der Waals surface area contributed by atoms with Gasteiger partial charge in [0.15, 0.2) is 0 Å². The van der Waals surface area contributed by atoms with Gasteiger partial charge in [0.1, 0.15) is 6.04 Å². The van der Waals surface area contributed by atoms with E-state index in [0.29, 0.717) is 12.0 Å². The standard InChI is InChI=1S/C14H20N2O2S/c1-9(11-7-19-8-15-11)16-12-5-3-2-4-10(12)6-13(16)14(17)18/h7-10,12-13H,2-6H2,1H3,(H,17,18). The van der Waals surface area contributed by atoms with E-state index in [9.17, 15) is 9.90 Å². The second-order valence-electron chi connectivity index (χ2n) is 5.74. The average molecular weight is 280 g/mol. The molecule has 0 amide bonds. The topological polar surface area (TPSA) is 53.4 Å². The van der Waals surface area contributed by atoms with E-state index < -0.39 is 5.97 Å². The summed E-state index contributed by atoms with van der Waals surface area (Å²) in [5.41, 5.74) is 2.85. The molecule has 2 heterocycles. The summed E-state index contributed by atoms with van der Waals surface area (Å²) in [4.78, 5) is 18.2. The monoisotopic (exact) mass is 280 g/mol. The van der Waals surface area contributed by atoms with E-state index in [0.717, 1.165) is 18.5 Å². The van der Waals surface area contributed by atoms with Gasteiger partial charge in [0.25, 0.3) is 0 Å². The van der Waals surface area contributed by atoms with E-state index in [1.165, 1.54) is 19.3 Å². The predicted octanol–water partition coefficient (Wildman–Crippen LogP) is 2.92. The van der Waals surface area contributed by atoms with Gasteiger partial charge in [-0.3, -0.25) is 9.69 Å². The first kappa shape index (κ1) is 13.1. The number of aromatic nitrogens is 1. The minimum absolute atomic E-state index is 0.112. The molecule has 1 N–H and O–H groups in total. The number of carboxylic acids is 1. The minimum Gasteiger partial charge on any atom is -0.480 e. The van der Waals surface area contributed by atoms with Crippen LogP contribution < -0.4 is 0 Å². The van der Waals surface area contributed by atoms with Crippen molar-refractivity contribution in [2.45, 2.75) is 57.2 Å². The van der Waals surface area contributed by atoms with Crippen molar-refractivity contribution in [3.05, 3.63) is 16.6 Å². The van der Waals surface area contributed by atoms with Crippen molar-refractivity contribution < 1.29 is 9.90 Å². The van der Waals surface area contributed by atoms with E-state index in [-0.39, 0.29) is 12.1 Å². The number of aliphatic carboxylic acids is 1. The van der Waals surface area contributed by atoms with Crippen LogP contribution in [0.3, 0.4) is 0 Å². The molecule has 4 unspecified atom stereocenters. The van der Waals surface area contributed by atoms with Gasteiger partial charge < -0.3 is 5.11 Å². The van der Waals surface area contributed by atoms with E-state index in [1.807, 2.05) is 10.9 Å². The number of thiazole rings is 1. The van der Waals surface area contributed by atoms with Crippen molar-refractivity contribution in [1.82, 2.24) is 9.88 Å². The number of hydrogen-bond acceptors (Lipinski definition) is 4. The summed E-state index contributed by atoms with van der Waals surface area (Å²) in [7, 11) is 0. The Morgan fingerprint density at radius 1 is 1.53 bits per heavy atom. The van der Waals surface area contributed by atoms with Crippen molar-refractivity contribution in [2.24, 2.45) is 5.92 Å². The maximum absolute atomic E-state index is 11.6. The summed E-state index contributed by atoms with van der Waals surface area (Å²) in [6.45, 7) is 2.10. The third-order valence-corrected chi connectivity index (χ3v) is 5.35. The average Bonchev–Trinajstić information content (AvgIpc) is 3.05. The van der Waals surface area contributed by atoms with Crippen molar-refractivity contribution in [3.8, 4) is 0 Å². The Bertz CT molecular complexity index is 448. The molecule has 1 aromatic heterocycles. The number of hydrogen-bond donors (Lipinski definition) is 1. The highest BCUT2D eigenvalue weighted by Gasteiger charge is 2.47. The van der Waals surface area contributed by atoms with E-state index in [1.54, 1.807) is 11.3 Å². The summed E-state index contributed by atoms with van der Waals surface area (Å²) < 4.78 is 0. The predicted molar refractivity (Wildman–Crippen MR) is 74.2 cm³/mol. The first-order valence-corrected chi connectivity index (χ1v) is 8.01. The molecule has 3 rings (SSSR count). The number of carbonyl (C=O) groups is 1. The van der Waals surface area contributed by atoms with Crippen molar-refractivity contribution in [1.29, 1.82) is 0 Å². The molecule has 1 aliphatic carbocycles. The van der Waals surface area contributed by atoms with Crippen molar-refractivity contribution in [2.75, 3.05) is 0 Å². The number of nitrogens with zero attached hydrogens (tertiary/aromatic N) is 2.